The third kappa shape index (κ3) is 3.62. The van der Waals surface area contributed by atoms with E-state index in [1.807, 2.05) is 13.0 Å². The quantitative estimate of drug-likeness (QED) is 0.816. The Morgan fingerprint density at radius 3 is 2.57 bits per heavy atom. The zero-order chi connectivity index (χ0) is 9.84. The summed E-state index contributed by atoms with van der Waals surface area (Å²) < 4.78 is 12.9. The van der Waals surface area contributed by atoms with Crippen LogP contribution in [0.5, 0.6) is 0 Å². The highest BCUT2D eigenvalue weighted by atomic mass is 35.5. The summed E-state index contributed by atoms with van der Waals surface area (Å²) in [6.45, 7) is 1.84. The molecule has 0 aromatic heterocycles. The van der Waals surface area contributed by atoms with Crippen molar-refractivity contribution < 1.29 is 9.50 Å². The molecule has 0 aliphatic heterocycles. The van der Waals surface area contributed by atoms with E-state index in [2.05, 4.69) is 0 Å². The van der Waals surface area contributed by atoms with Gasteiger partial charge in [0.05, 0.1) is 0 Å². The molecule has 3 N–H and O–H groups in total. The van der Waals surface area contributed by atoms with Gasteiger partial charge in [-0.3, -0.25) is 0 Å². The van der Waals surface area contributed by atoms with Gasteiger partial charge in [0.25, 0.3) is 0 Å². The molecule has 0 spiro atoms. The van der Waals surface area contributed by atoms with Crippen molar-refractivity contribution in [2.45, 2.75) is 19.4 Å². The summed E-state index contributed by atoms with van der Waals surface area (Å²) in [6.07, 6.45) is 0.461. The minimum absolute atomic E-state index is 0. The third-order valence-electron chi connectivity index (χ3n) is 1.93. The molecule has 1 aromatic rings. The van der Waals surface area contributed by atoms with Gasteiger partial charge in [-0.2, -0.15) is 0 Å². The molecule has 1 rings (SSSR count). The molecule has 0 fully saturated rings. The van der Waals surface area contributed by atoms with E-state index in [0.29, 0.717) is 6.42 Å². The molecule has 0 aliphatic rings. The second-order valence-electron chi connectivity index (χ2n) is 3.18. The Balaban J connectivity index is 0.00000169. The van der Waals surface area contributed by atoms with Gasteiger partial charge in [0.1, 0.15) is 5.82 Å². The molecule has 1 atom stereocenters. The molecule has 0 bridgehead atoms. The molecule has 0 amide bonds. The Labute approximate surface area is 89.3 Å². The van der Waals surface area contributed by atoms with E-state index in [9.17, 15) is 4.39 Å². The first-order valence-electron chi connectivity index (χ1n) is 4.27. The molecule has 1 unspecified atom stereocenters. The average molecular weight is 220 g/mol. The molecule has 2 nitrogen and oxygen atoms in total. The van der Waals surface area contributed by atoms with E-state index >= 15 is 0 Å². The predicted molar refractivity (Wildman–Crippen MR) is 57.0 cm³/mol. The van der Waals surface area contributed by atoms with E-state index in [1.165, 1.54) is 12.1 Å². The number of aryl methyl sites for hydroxylation is 1. The maximum Gasteiger partial charge on any atom is 0.123 e. The summed E-state index contributed by atoms with van der Waals surface area (Å²) >= 11 is 0. The molecular formula is C10H15ClFNO. The fraction of sp³-hybridized carbons (Fsp3) is 0.400. The average Bonchev–Trinajstić information content (AvgIpc) is 2.03. The Morgan fingerprint density at radius 1 is 1.43 bits per heavy atom. The summed E-state index contributed by atoms with van der Waals surface area (Å²) in [5.74, 6) is -0.275. The van der Waals surface area contributed by atoms with Gasteiger partial charge < -0.3 is 10.8 Å². The summed E-state index contributed by atoms with van der Waals surface area (Å²) in [5.41, 5.74) is 7.31. The standard InChI is InChI=1S/C10H14FNO.ClH/c1-7-4-8(6-9(11)5-7)10(12)2-3-13;/h4-6,10,13H,2-3,12H2,1H3;1H. The molecular weight excluding hydrogens is 205 g/mol. The minimum Gasteiger partial charge on any atom is -0.396 e. The number of hydrogen-bond donors (Lipinski definition) is 2. The van der Waals surface area contributed by atoms with E-state index in [-0.39, 0.29) is 30.9 Å². The van der Waals surface area contributed by atoms with Crippen molar-refractivity contribution >= 4 is 12.4 Å². The Morgan fingerprint density at radius 2 is 2.07 bits per heavy atom. The Hall–Kier alpha value is -0.640. The van der Waals surface area contributed by atoms with E-state index in [4.69, 9.17) is 10.8 Å². The van der Waals surface area contributed by atoms with Crippen LogP contribution in [0.3, 0.4) is 0 Å². The van der Waals surface area contributed by atoms with Gasteiger partial charge in [-0.25, -0.2) is 4.39 Å². The summed E-state index contributed by atoms with van der Waals surface area (Å²) in [7, 11) is 0. The smallest absolute Gasteiger partial charge is 0.123 e. The summed E-state index contributed by atoms with van der Waals surface area (Å²) in [4.78, 5) is 0. The highest BCUT2D eigenvalue weighted by Gasteiger charge is 2.06. The van der Waals surface area contributed by atoms with Gasteiger partial charge in [0.2, 0.25) is 0 Å². The monoisotopic (exact) mass is 219 g/mol. The Kier molecular flexibility index (Phi) is 5.69. The normalized spacial score (nSPS) is 12.0. The van der Waals surface area contributed by atoms with Crippen LogP contribution in [0.1, 0.15) is 23.6 Å². The van der Waals surface area contributed by atoms with Crippen LogP contribution >= 0.6 is 12.4 Å². The predicted octanol–water partition coefficient (Wildman–Crippen LogP) is 1.94. The van der Waals surface area contributed by atoms with Crippen molar-refractivity contribution in [2.75, 3.05) is 6.61 Å². The first-order chi connectivity index (χ1) is 6.13. The van der Waals surface area contributed by atoms with Crippen LogP contribution in [-0.2, 0) is 0 Å². The maximum atomic E-state index is 12.9. The van der Waals surface area contributed by atoms with Crippen LogP contribution in [0.25, 0.3) is 0 Å². The number of nitrogens with two attached hydrogens (primary N) is 1. The molecule has 4 heteroatoms. The summed E-state index contributed by atoms with van der Waals surface area (Å²) in [6, 6.07) is 4.42. The van der Waals surface area contributed by atoms with Gasteiger partial charge >= 0.3 is 0 Å². The zero-order valence-electron chi connectivity index (χ0n) is 8.03. The maximum absolute atomic E-state index is 12.9. The van der Waals surface area contributed by atoms with Gasteiger partial charge in [0, 0.05) is 12.6 Å². The number of aliphatic hydroxyl groups is 1. The largest absolute Gasteiger partial charge is 0.396 e. The molecule has 14 heavy (non-hydrogen) atoms. The van der Waals surface area contributed by atoms with Crippen LogP contribution in [0.4, 0.5) is 4.39 Å². The lowest BCUT2D eigenvalue weighted by Crippen LogP contribution is -2.12. The van der Waals surface area contributed by atoms with Gasteiger partial charge in [0.15, 0.2) is 0 Å². The molecule has 0 heterocycles. The van der Waals surface area contributed by atoms with Crippen molar-refractivity contribution in [2.24, 2.45) is 5.73 Å². The number of benzene rings is 1. The number of aliphatic hydroxyl groups excluding tert-OH is 1. The van der Waals surface area contributed by atoms with Crippen molar-refractivity contribution in [1.82, 2.24) is 0 Å². The van der Waals surface area contributed by atoms with Crippen molar-refractivity contribution in [1.29, 1.82) is 0 Å². The lowest BCUT2D eigenvalue weighted by molar-refractivity contribution is 0.276. The number of hydrogen-bond acceptors (Lipinski definition) is 2. The van der Waals surface area contributed by atoms with Crippen LogP contribution in [0.2, 0.25) is 0 Å². The van der Waals surface area contributed by atoms with Crippen molar-refractivity contribution in [3.05, 3.63) is 35.1 Å². The summed E-state index contributed by atoms with van der Waals surface area (Å²) in [5, 5.41) is 8.66. The number of halogens is 2. The first-order valence-corrected chi connectivity index (χ1v) is 4.27. The topological polar surface area (TPSA) is 46.2 Å². The van der Waals surface area contributed by atoms with Crippen molar-refractivity contribution in [3.63, 3.8) is 0 Å². The molecule has 0 saturated heterocycles. The second kappa shape index (κ2) is 5.96. The molecule has 80 valence electrons. The van der Waals surface area contributed by atoms with E-state index < -0.39 is 0 Å². The van der Waals surface area contributed by atoms with E-state index in [1.54, 1.807) is 0 Å². The highest BCUT2D eigenvalue weighted by Crippen LogP contribution is 2.16. The molecule has 0 saturated carbocycles. The van der Waals surface area contributed by atoms with E-state index in [0.717, 1.165) is 11.1 Å². The van der Waals surface area contributed by atoms with Crippen LogP contribution < -0.4 is 5.73 Å². The van der Waals surface area contributed by atoms with Crippen molar-refractivity contribution in [3.8, 4) is 0 Å². The SMILES string of the molecule is Cc1cc(F)cc(C(N)CCO)c1.Cl. The van der Waals surface area contributed by atoms with Crippen LogP contribution in [0.15, 0.2) is 18.2 Å². The molecule has 1 aromatic carbocycles. The Bertz CT molecular complexity index is 273. The fourth-order valence-electron chi connectivity index (χ4n) is 1.28. The number of rotatable bonds is 3. The zero-order valence-corrected chi connectivity index (χ0v) is 8.85. The van der Waals surface area contributed by atoms with Gasteiger partial charge in [-0.15, -0.1) is 12.4 Å². The highest BCUT2D eigenvalue weighted by molar-refractivity contribution is 5.85. The minimum atomic E-state index is -0.278. The van der Waals surface area contributed by atoms with Gasteiger partial charge in [-0.05, 0) is 36.6 Å². The lowest BCUT2D eigenvalue weighted by Gasteiger charge is -2.10. The first kappa shape index (κ1) is 13.4. The van der Waals surface area contributed by atoms with Gasteiger partial charge in [-0.1, -0.05) is 6.07 Å². The molecule has 0 aliphatic carbocycles. The van der Waals surface area contributed by atoms with Crippen LogP contribution in [0, 0.1) is 12.7 Å². The fourth-order valence-corrected chi connectivity index (χ4v) is 1.28. The third-order valence-corrected chi connectivity index (χ3v) is 1.93. The second-order valence-corrected chi connectivity index (χ2v) is 3.18. The molecule has 0 radical (unpaired) electrons. The van der Waals surface area contributed by atoms with Crippen LogP contribution in [-0.4, -0.2) is 11.7 Å². The lowest BCUT2D eigenvalue weighted by atomic mass is 10.0.